The number of benzene rings is 1. The van der Waals surface area contributed by atoms with E-state index in [1.165, 1.54) is 4.90 Å². The number of rotatable bonds is 4. The van der Waals surface area contributed by atoms with Crippen LogP contribution in [0.5, 0.6) is 0 Å². The summed E-state index contributed by atoms with van der Waals surface area (Å²) in [5.74, 6) is -0.346. The van der Waals surface area contributed by atoms with Gasteiger partial charge in [0.05, 0.1) is 11.1 Å². The predicted molar refractivity (Wildman–Crippen MR) is 76.0 cm³/mol. The van der Waals surface area contributed by atoms with E-state index in [0.717, 1.165) is 18.5 Å². The monoisotopic (exact) mass is 268 g/mol. The molecule has 0 fully saturated rings. The Labute approximate surface area is 117 Å². The van der Waals surface area contributed by atoms with Gasteiger partial charge >= 0.3 is 0 Å². The highest BCUT2D eigenvalue weighted by atomic mass is 16.2. The van der Waals surface area contributed by atoms with E-state index in [4.69, 9.17) is 0 Å². The van der Waals surface area contributed by atoms with E-state index in [0.29, 0.717) is 17.7 Å². The molecule has 0 spiro atoms. The topological polar surface area (TPSA) is 42.3 Å². The van der Waals surface area contributed by atoms with Crippen molar-refractivity contribution >= 4 is 11.8 Å². The van der Waals surface area contributed by atoms with Crippen molar-refractivity contribution in [2.24, 2.45) is 0 Å². The standard InChI is InChI=1S/C16H16N2O2/c1-2-3-9-18-15(19)13-10-17(11-14(13)16(18)20)12-7-5-4-6-8-12/h4-8,10-11H,2-3,9H2,1H3. The van der Waals surface area contributed by atoms with Crippen molar-refractivity contribution in [3.63, 3.8) is 0 Å². The lowest BCUT2D eigenvalue weighted by Crippen LogP contribution is -2.31. The number of hydrogen-bond acceptors (Lipinski definition) is 2. The normalized spacial score (nSPS) is 13.9. The molecule has 0 saturated heterocycles. The second kappa shape index (κ2) is 4.96. The molecule has 1 aromatic heterocycles. The molecular formula is C16H16N2O2. The molecule has 0 bridgehead atoms. The zero-order chi connectivity index (χ0) is 14.1. The molecule has 4 heteroatoms. The minimum atomic E-state index is -0.173. The van der Waals surface area contributed by atoms with Crippen LogP contribution in [0.3, 0.4) is 0 Å². The number of nitrogens with zero attached hydrogens (tertiary/aromatic N) is 2. The molecular weight excluding hydrogens is 252 g/mol. The van der Waals surface area contributed by atoms with E-state index in [1.54, 1.807) is 12.4 Å². The molecule has 2 aromatic rings. The van der Waals surface area contributed by atoms with Crippen molar-refractivity contribution in [1.82, 2.24) is 9.47 Å². The Balaban J connectivity index is 1.92. The molecule has 0 atom stereocenters. The Bertz CT molecular complexity index is 625. The lowest BCUT2D eigenvalue weighted by atomic mass is 10.2. The maximum Gasteiger partial charge on any atom is 0.263 e. The van der Waals surface area contributed by atoms with E-state index >= 15 is 0 Å². The highest BCUT2D eigenvalue weighted by Gasteiger charge is 2.36. The van der Waals surface area contributed by atoms with Gasteiger partial charge in [0.2, 0.25) is 0 Å². The summed E-state index contributed by atoms with van der Waals surface area (Å²) < 4.78 is 1.83. The van der Waals surface area contributed by atoms with Crippen LogP contribution in [0.15, 0.2) is 42.7 Å². The van der Waals surface area contributed by atoms with Gasteiger partial charge < -0.3 is 4.57 Å². The first-order chi connectivity index (χ1) is 9.72. The first-order valence-corrected chi connectivity index (χ1v) is 6.86. The molecule has 1 aliphatic rings. The molecule has 2 heterocycles. The Morgan fingerprint density at radius 2 is 1.55 bits per heavy atom. The van der Waals surface area contributed by atoms with Crippen LogP contribution in [0.1, 0.15) is 40.5 Å². The van der Waals surface area contributed by atoms with E-state index in [9.17, 15) is 9.59 Å². The number of carbonyl (C=O) groups is 2. The van der Waals surface area contributed by atoms with Crippen molar-refractivity contribution in [1.29, 1.82) is 0 Å². The number of amides is 2. The second-order valence-electron chi connectivity index (χ2n) is 4.94. The summed E-state index contributed by atoms with van der Waals surface area (Å²) in [7, 11) is 0. The molecule has 3 rings (SSSR count). The summed E-state index contributed by atoms with van der Waals surface area (Å²) in [6.07, 6.45) is 5.30. The molecule has 1 aromatic carbocycles. The molecule has 0 radical (unpaired) electrons. The summed E-state index contributed by atoms with van der Waals surface area (Å²) in [5, 5.41) is 0. The third-order valence-corrected chi connectivity index (χ3v) is 3.57. The number of para-hydroxylation sites is 1. The molecule has 0 unspecified atom stereocenters. The zero-order valence-corrected chi connectivity index (χ0v) is 11.4. The van der Waals surface area contributed by atoms with Gasteiger partial charge in [0.25, 0.3) is 11.8 Å². The van der Waals surface area contributed by atoms with Gasteiger partial charge in [-0.1, -0.05) is 31.5 Å². The first-order valence-electron chi connectivity index (χ1n) is 6.86. The molecule has 1 aliphatic heterocycles. The lowest BCUT2D eigenvalue weighted by Gasteiger charge is -2.13. The van der Waals surface area contributed by atoms with Crippen molar-refractivity contribution in [2.45, 2.75) is 19.8 Å². The highest BCUT2D eigenvalue weighted by molar-refractivity contribution is 6.21. The fourth-order valence-electron chi connectivity index (χ4n) is 2.45. The molecule has 0 saturated carbocycles. The van der Waals surface area contributed by atoms with Crippen LogP contribution in [0.4, 0.5) is 0 Å². The van der Waals surface area contributed by atoms with E-state index in [1.807, 2.05) is 41.8 Å². The van der Waals surface area contributed by atoms with Crippen molar-refractivity contribution < 1.29 is 9.59 Å². The van der Waals surface area contributed by atoms with Crippen molar-refractivity contribution in [3.05, 3.63) is 53.9 Å². The number of aromatic nitrogens is 1. The van der Waals surface area contributed by atoms with E-state index < -0.39 is 0 Å². The molecule has 4 nitrogen and oxygen atoms in total. The molecule has 20 heavy (non-hydrogen) atoms. The van der Waals surface area contributed by atoms with E-state index in [-0.39, 0.29) is 11.8 Å². The summed E-state index contributed by atoms with van der Waals surface area (Å²) in [6.45, 7) is 2.55. The minimum Gasteiger partial charge on any atom is -0.322 e. The van der Waals surface area contributed by atoms with Gasteiger partial charge in [0.1, 0.15) is 0 Å². The quantitative estimate of drug-likeness (QED) is 0.800. The average molecular weight is 268 g/mol. The van der Waals surface area contributed by atoms with Gasteiger partial charge in [0, 0.05) is 24.6 Å². The largest absolute Gasteiger partial charge is 0.322 e. The van der Waals surface area contributed by atoms with Crippen molar-refractivity contribution in [2.75, 3.05) is 6.54 Å². The van der Waals surface area contributed by atoms with Gasteiger partial charge in [-0.25, -0.2) is 0 Å². The SMILES string of the molecule is CCCCN1C(=O)c2cn(-c3ccccc3)cc2C1=O. The van der Waals surface area contributed by atoms with Crippen LogP contribution in [0.2, 0.25) is 0 Å². The number of unbranched alkanes of at least 4 members (excludes halogenated alkanes) is 1. The van der Waals surface area contributed by atoms with Crippen LogP contribution in [-0.4, -0.2) is 27.8 Å². The van der Waals surface area contributed by atoms with Gasteiger partial charge in [-0.05, 0) is 18.6 Å². The molecule has 0 N–H and O–H groups in total. The number of fused-ring (bicyclic) bond motifs is 1. The van der Waals surface area contributed by atoms with Gasteiger partial charge in [-0.2, -0.15) is 0 Å². The Morgan fingerprint density at radius 3 is 2.10 bits per heavy atom. The fourth-order valence-corrected chi connectivity index (χ4v) is 2.45. The molecule has 102 valence electrons. The van der Waals surface area contributed by atoms with Gasteiger partial charge in [-0.3, -0.25) is 14.5 Å². The number of imide groups is 1. The third kappa shape index (κ3) is 1.93. The van der Waals surface area contributed by atoms with Crippen molar-refractivity contribution in [3.8, 4) is 5.69 Å². The van der Waals surface area contributed by atoms with Crippen LogP contribution in [0.25, 0.3) is 5.69 Å². The molecule has 0 aliphatic carbocycles. The second-order valence-corrected chi connectivity index (χ2v) is 4.94. The zero-order valence-electron chi connectivity index (χ0n) is 11.4. The summed E-state index contributed by atoms with van der Waals surface area (Å²) in [5.41, 5.74) is 1.97. The smallest absolute Gasteiger partial charge is 0.263 e. The summed E-state index contributed by atoms with van der Waals surface area (Å²) >= 11 is 0. The van der Waals surface area contributed by atoms with Gasteiger partial charge in [0.15, 0.2) is 0 Å². The van der Waals surface area contributed by atoms with E-state index in [2.05, 4.69) is 0 Å². The van der Waals surface area contributed by atoms with Crippen LogP contribution >= 0.6 is 0 Å². The summed E-state index contributed by atoms with van der Waals surface area (Å²) in [6, 6.07) is 9.68. The maximum atomic E-state index is 12.2. The van der Waals surface area contributed by atoms with Gasteiger partial charge in [-0.15, -0.1) is 0 Å². The lowest BCUT2D eigenvalue weighted by molar-refractivity contribution is 0.0651. The van der Waals surface area contributed by atoms with Crippen LogP contribution in [0, 0.1) is 0 Å². The highest BCUT2D eigenvalue weighted by Crippen LogP contribution is 2.25. The average Bonchev–Trinajstić information content (AvgIpc) is 3.00. The Hall–Kier alpha value is -2.36. The molecule has 2 amide bonds. The van der Waals surface area contributed by atoms with Crippen LogP contribution in [-0.2, 0) is 0 Å². The Morgan fingerprint density at radius 1 is 0.950 bits per heavy atom. The van der Waals surface area contributed by atoms with Crippen LogP contribution < -0.4 is 0 Å². The Kier molecular flexibility index (Phi) is 3.14. The minimum absolute atomic E-state index is 0.173. The maximum absolute atomic E-state index is 12.2. The third-order valence-electron chi connectivity index (χ3n) is 3.57. The summed E-state index contributed by atoms with van der Waals surface area (Å²) in [4.78, 5) is 25.8. The first kappa shape index (κ1) is 12.7. The number of carbonyl (C=O) groups excluding carboxylic acids is 2. The predicted octanol–water partition coefficient (Wildman–Crippen LogP) is 2.87. The fraction of sp³-hybridized carbons (Fsp3) is 0.250. The number of hydrogen-bond donors (Lipinski definition) is 0.